The molecule has 0 bridgehead atoms. The van der Waals surface area contributed by atoms with Crippen molar-refractivity contribution in [2.24, 2.45) is 0 Å². The van der Waals surface area contributed by atoms with Crippen molar-refractivity contribution < 1.29 is 13.2 Å². The average Bonchev–Trinajstić information content (AvgIpc) is 2.77. The lowest BCUT2D eigenvalue weighted by Gasteiger charge is -2.23. The first-order valence-electron chi connectivity index (χ1n) is 6.18. The van der Waals surface area contributed by atoms with Crippen molar-refractivity contribution in [2.75, 3.05) is 17.3 Å². The number of alkyl halides is 3. The molecule has 1 aromatic carbocycles. The molecular weight excluding hydrogens is 273 g/mol. The molecule has 3 N–H and O–H groups in total. The van der Waals surface area contributed by atoms with Gasteiger partial charge in [-0.05, 0) is 37.3 Å². The zero-order valence-electron chi connectivity index (χ0n) is 10.6. The van der Waals surface area contributed by atoms with Crippen molar-refractivity contribution in [1.29, 1.82) is 0 Å². The summed E-state index contributed by atoms with van der Waals surface area (Å²) in [4.78, 5) is 0. The van der Waals surface area contributed by atoms with Gasteiger partial charge in [0.25, 0.3) is 0 Å². The van der Waals surface area contributed by atoms with Crippen LogP contribution in [-0.2, 0) is 6.18 Å². The summed E-state index contributed by atoms with van der Waals surface area (Å²) in [6, 6.07) is 4.01. The van der Waals surface area contributed by atoms with E-state index < -0.39 is 11.7 Å². The Bertz CT molecular complexity index is 448. The predicted octanol–water partition coefficient (Wildman–Crippen LogP) is 3.98. The number of halogens is 3. The van der Waals surface area contributed by atoms with Crippen LogP contribution in [0.25, 0.3) is 0 Å². The van der Waals surface area contributed by atoms with Gasteiger partial charge in [-0.3, -0.25) is 0 Å². The molecule has 1 aliphatic rings. The Balaban J connectivity index is 2.25. The molecule has 0 radical (unpaired) electrons. The summed E-state index contributed by atoms with van der Waals surface area (Å²) >= 11 is 1.71. The average molecular weight is 290 g/mol. The van der Waals surface area contributed by atoms with Crippen molar-refractivity contribution in [3.63, 3.8) is 0 Å². The lowest BCUT2D eigenvalue weighted by molar-refractivity contribution is -0.136. The molecule has 1 fully saturated rings. The Morgan fingerprint density at radius 3 is 2.68 bits per heavy atom. The highest BCUT2D eigenvalue weighted by Crippen LogP contribution is 2.38. The van der Waals surface area contributed by atoms with Gasteiger partial charge in [0.15, 0.2) is 0 Å². The molecule has 0 saturated heterocycles. The third-order valence-electron chi connectivity index (χ3n) is 3.45. The van der Waals surface area contributed by atoms with Crippen molar-refractivity contribution in [2.45, 2.75) is 36.7 Å². The van der Waals surface area contributed by atoms with E-state index in [0.29, 0.717) is 5.25 Å². The normalized spacial score (nSPS) is 23.6. The first-order valence-corrected chi connectivity index (χ1v) is 7.46. The van der Waals surface area contributed by atoms with Gasteiger partial charge in [-0.1, -0.05) is 6.42 Å². The second kappa shape index (κ2) is 5.53. The molecule has 19 heavy (non-hydrogen) atoms. The minimum Gasteiger partial charge on any atom is -0.399 e. The van der Waals surface area contributed by atoms with Gasteiger partial charge < -0.3 is 11.1 Å². The fraction of sp³-hybridized carbons (Fsp3) is 0.538. The van der Waals surface area contributed by atoms with Gasteiger partial charge in [0.2, 0.25) is 0 Å². The number of anilines is 2. The van der Waals surface area contributed by atoms with Gasteiger partial charge in [0, 0.05) is 22.7 Å². The van der Waals surface area contributed by atoms with Gasteiger partial charge >= 0.3 is 6.18 Å². The molecule has 1 aromatic rings. The second-order valence-corrected chi connectivity index (χ2v) is 5.84. The lowest BCUT2D eigenvalue weighted by Crippen LogP contribution is -2.27. The maximum Gasteiger partial charge on any atom is 0.418 e. The van der Waals surface area contributed by atoms with E-state index in [0.717, 1.165) is 25.3 Å². The number of benzene rings is 1. The smallest absolute Gasteiger partial charge is 0.399 e. The van der Waals surface area contributed by atoms with E-state index in [-0.39, 0.29) is 17.4 Å². The molecule has 0 spiro atoms. The third kappa shape index (κ3) is 3.29. The van der Waals surface area contributed by atoms with Crippen molar-refractivity contribution in [1.82, 2.24) is 0 Å². The summed E-state index contributed by atoms with van der Waals surface area (Å²) in [5.41, 5.74) is 5.04. The molecule has 2 atom stereocenters. The standard InChI is InChI=1S/C13H17F3N2S/c1-19-12-4-2-3-11(12)18-10-6-5-8(17)7-9(10)13(14,15)16/h5-7,11-12,18H,2-4,17H2,1H3. The molecule has 2 nitrogen and oxygen atoms in total. The van der Waals surface area contributed by atoms with Crippen LogP contribution in [0.2, 0.25) is 0 Å². The summed E-state index contributed by atoms with van der Waals surface area (Å²) < 4.78 is 38.9. The van der Waals surface area contributed by atoms with E-state index in [2.05, 4.69) is 5.32 Å². The van der Waals surface area contributed by atoms with Crippen LogP contribution in [0, 0.1) is 0 Å². The molecule has 106 valence electrons. The van der Waals surface area contributed by atoms with E-state index in [1.807, 2.05) is 6.26 Å². The summed E-state index contributed by atoms with van der Waals surface area (Å²) in [5.74, 6) is 0. The number of nitrogen functional groups attached to an aromatic ring is 1. The van der Waals surface area contributed by atoms with E-state index >= 15 is 0 Å². The molecule has 6 heteroatoms. The highest BCUT2D eigenvalue weighted by Gasteiger charge is 2.35. The van der Waals surface area contributed by atoms with Crippen molar-refractivity contribution in [3.8, 4) is 0 Å². The monoisotopic (exact) mass is 290 g/mol. The molecule has 1 saturated carbocycles. The Morgan fingerprint density at radius 1 is 1.32 bits per heavy atom. The summed E-state index contributed by atoms with van der Waals surface area (Å²) in [7, 11) is 0. The van der Waals surface area contributed by atoms with E-state index in [1.165, 1.54) is 12.1 Å². The van der Waals surface area contributed by atoms with Gasteiger partial charge in [0.1, 0.15) is 0 Å². The highest BCUT2D eigenvalue weighted by molar-refractivity contribution is 7.99. The molecule has 0 aromatic heterocycles. The van der Waals surface area contributed by atoms with Crippen LogP contribution < -0.4 is 11.1 Å². The van der Waals surface area contributed by atoms with Crippen molar-refractivity contribution in [3.05, 3.63) is 23.8 Å². The number of hydrogen-bond acceptors (Lipinski definition) is 3. The number of hydrogen-bond donors (Lipinski definition) is 2. The van der Waals surface area contributed by atoms with E-state index in [4.69, 9.17) is 5.73 Å². The van der Waals surface area contributed by atoms with Gasteiger partial charge in [-0.2, -0.15) is 24.9 Å². The highest BCUT2D eigenvalue weighted by atomic mass is 32.2. The zero-order chi connectivity index (χ0) is 14.0. The Kier molecular flexibility index (Phi) is 4.18. The molecule has 2 unspecified atom stereocenters. The molecule has 2 rings (SSSR count). The SMILES string of the molecule is CSC1CCCC1Nc1ccc(N)cc1C(F)(F)F. The summed E-state index contributed by atoms with van der Waals surface area (Å²) in [5, 5.41) is 3.42. The summed E-state index contributed by atoms with van der Waals surface area (Å²) in [6.45, 7) is 0. The maximum absolute atomic E-state index is 13.0. The largest absolute Gasteiger partial charge is 0.418 e. The van der Waals surface area contributed by atoms with Crippen LogP contribution in [0.15, 0.2) is 18.2 Å². The van der Waals surface area contributed by atoms with Crippen LogP contribution in [-0.4, -0.2) is 17.5 Å². The number of thioether (sulfide) groups is 1. The van der Waals surface area contributed by atoms with Gasteiger partial charge in [-0.15, -0.1) is 0 Å². The molecular formula is C13H17F3N2S. The zero-order valence-corrected chi connectivity index (χ0v) is 11.4. The minimum atomic E-state index is -4.38. The lowest BCUT2D eigenvalue weighted by atomic mass is 10.1. The van der Waals surface area contributed by atoms with Crippen LogP contribution in [0.5, 0.6) is 0 Å². The minimum absolute atomic E-state index is 0.0970. The molecule has 0 amide bonds. The molecule has 0 heterocycles. The van der Waals surface area contributed by atoms with Crippen LogP contribution in [0.4, 0.5) is 24.5 Å². The van der Waals surface area contributed by atoms with Crippen LogP contribution >= 0.6 is 11.8 Å². The van der Waals surface area contributed by atoms with Gasteiger partial charge in [-0.25, -0.2) is 0 Å². The predicted molar refractivity (Wildman–Crippen MR) is 74.4 cm³/mol. The quantitative estimate of drug-likeness (QED) is 0.827. The third-order valence-corrected chi connectivity index (χ3v) is 4.61. The fourth-order valence-electron chi connectivity index (χ4n) is 2.50. The van der Waals surface area contributed by atoms with Crippen molar-refractivity contribution >= 4 is 23.1 Å². The van der Waals surface area contributed by atoms with Crippen LogP contribution in [0.1, 0.15) is 24.8 Å². The molecule has 1 aliphatic carbocycles. The topological polar surface area (TPSA) is 38.0 Å². The Hall–Kier alpha value is -1.04. The van der Waals surface area contributed by atoms with Gasteiger partial charge in [0.05, 0.1) is 5.56 Å². The number of nitrogens with two attached hydrogens (primary N) is 1. The number of nitrogens with one attached hydrogen (secondary N) is 1. The fourth-order valence-corrected chi connectivity index (χ4v) is 3.43. The summed E-state index contributed by atoms with van der Waals surface area (Å²) in [6.07, 6.45) is 0.630. The van der Waals surface area contributed by atoms with Crippen LogP contribution in [0.3, 0.4) is 0 Å². The maximum atomic E-state index is 13.0. The Morgan fingerprint density at radius 2 is 2.05 bits per heavy atom. The second-order valence-electron chi connectivity index (χ2n) is 4.76. The Labute approximate surface area is 114 Å². The first-order chi connectivity index (χ1) is 8.91. The van der Waals surface area contributed by atoms with E-state index in [1.54, 1.807) is 11.8 Å². The van der Waals surface area contributed by atoms with E-state index in [9.17, 15) is 13.2 Å². The number of rotatable bonds is 3. The first kappa shape index (κ1) is 14.4. The molecule has 0 aliphatic heterocycles.